The Hall–Kier alpha value is -1.92. The summed E-state index contributed by atoms with van der Waals surface area (Å²) >= 11 is 0. The van der Waals surface area contributed by atoms with E-state index in [1.807, 2.05) is 0 Å². The highest BCUT2D eigenvalue weighted by molar-refractivity contribution is 5.95. The highest BCUT2D eigenvalue weighted by Gasteiger charge is 2.07. The molecule has 1 atom stereocenters. The lowest BCUT2D eigenvalue weighted by atomic mass is 10.2. The van der Waals surface area contributed by atoms with Crippen molar-refractivity contribution < 1.29 is 14.3 Å². The van der Waals surface area contributed by atoms with Gasteiger partial charge in [-0.25, -0.2) is 0 Å². The van der Waals surface area contributed by atoms with Crippen molar-refractivity contribution in [1.82, 2.24) is 0 Å². The number of benzene rings is 1. The maximum Gasteiger partial charge on any atom is 0.250 e. The predicted octanol–water partition coefficient (Wildman–Crippen LogP) is 0.557. The van der Waals surface area contributed by atoms with Crippen LogP contribution < -0.4 is 16.4 Å². The predicted molar refractivity (Wildman–Crippen MR) is 69.2 cm³/mol. The molecule has 1 aromatic rings. The molecule has 0 bridgehead atoms. The summed E-state index contributed by atoms with van der Waals surface area (Å²) in [5.41, 5.74) is 6.69. The topological polar surface area (TPSA) is 93.5 Å². The molecule has 0 aliphatic rings. The van der Waals surface area contributed by atoms with Gasteiger partial charge in [0.25, 0.3) is 0 Å². The molecule has 0 radical (unpaired) electrons. The summed E-state index contributed by atoms with van der Waals surface area (Å²) in [5, 5.41) is 5.29. The highest BCUT2D eigenvalue weighted by atomic mass is 16.5. The van der Waals surface area contributed by atoms with Gasteiger partial charge in [0.05, 0.1) is 6.04 Å². The van der Waals surface area contributed by atoms with Crippen LogP contribution in [0.3, 0.4) is 0 Å². The van der Waals surface area contributed by atoms with E-state index in [0.717, 1.165) is 0 Å². The van der Waals surface area contributed by atoms with Gasteiger partial charge in [-0.3, -0.25) is 9.59 Å². The Bertz CT molecular complexity index is 415. The van der Waals surface area contributed by atoms with Gasteiger partial charge in [-0.2, -0.15) is 0 Å². The maximum absolute atomic E-state index is 11.3. The molecule has 0 unspecified atom stereocenters. The third-order valence-electron chi connectivity index (χ3n) is 2.13. The van der Waals surface area contributed by atoms with Crippen molar-refractivity contribution in [2.45, 2.75) is 13.0 Å². The zero-order valence-electron chi connectivity index (χ0n) is 10.4. The van der Waals surface area contributed by atoms with Crippen LogP contribution in [0.2, 0.25) is 0 Å². The largest absolute Gasteiger partial charge is 0.375 e. The molecule has 6 heteroatoms. The Labute approximate surface area is 105 Å². The Morgan fingerprint density at radius 1 is 1.22 bits per heavy atom. The number of nitrogens with one attached hydrogen (secondary N) is 2. The summed E-state index contributed by atoms with van der Waals surface area (Å²) in [4.78, 5) is 22.6. The van der Waals surface area contributed by atoms with E-state index in [9.17, 15) is 9.59 Å². The van der Waals surface area contributed by atoms with Crippen LogP contribution in [0.15, 0.2) is 24.3 Å². The molecule has 0 heterocycles. The third kappa shape index (κ3) is 4.52. The van der Waals surface area contributed by atoms with Crippen LogP contribution in [-0.4, -0.2) is 31.6 Å². The van der Waals surface area contributed by atoms with Gasteiger partial charge in [-0.1, -0.05) is 0 Å². The normalized spacial score (nSPS) is 11.7. The van der Waals surface area contributed by atoms with Gasteiger partial charge < -0.3 is 21.1 Å². The number of amides is 2. The minimum absolute atomic E-state index is 0.00315. The zero-order chi connectivity index (χ0) is 13.5. The summed E-state index contributed by atoms with van der Waals surface area (Å²) in [5.74, 6) is -0.490. The van der Waals surface area contributed by atoms with Crippen LogP contribution >= 0.6 is 0 Å². The number of anilines is 2. The number of carbonyl (C=O) groups is 2. The van der Waals surface area contributed by atoms with E-state index >= 15 is 0 Å². The first-order valence-electron chi connectivity index (χ1n) is 5.48. The summed E-state index contributed by atoms with van der Waals surface area (Å²) in [6.07, 6.45) is 0. The van der Waals surface area contributed by atoms with E-state index in [1.165, 1.54) is 7.11 Å². The number of methoxy groups -OCH3 is 1. The van der Waals surface area contributed by atoms with Gasteiger partial charge in [0.15, 0.2) is 0 Å². The Kier molecular flexibility index (Phi) is 5.29. The smallest absolute Gasteiger partial charge is 0.250 e. The molecular weight excluding hydrogens is 234 g/mol. The van der Waals surface area contributed by atoms with E-state index in [0.29, 0.717) is 11.4 Å². The lowest BCUT2D eigenvalue weighted by molar-refractivity contribution is -0.119. The van der Waals surface area contributed by atoms with Crippen LogP contribution in [0.25, 0.3) is 0 Å². The fourth-order valence-corrected chi connectivity index (χ4v) is 1.22. The maximum atomic E-state index is 11.3. The SMILES string of the molecule is COCC(=O)Nc1ccc(NC(=O)[C@H](C)N)cc1. The fraction of sp³-hybridized carbons (Fsp3) is 0.333. The second-order valence-electron chi connectivity index (χ2n) is 3.84. The van der Waals surface area contributed by atoms with E-state index in [4.69, 9.17) is 10.5 Å². The zero-order valence-corrected chi connectivity index (χ0v) is 10.4. The molecule has 2 amide bonds. The number of rotatable bonds is 5. The second kappa shape index (κ2) is 6.73. The van der Waals surface area contributed by atoms with Gasteiger partial charge >= 0.3 is 0 Å². The van der Waals surface area contributed by atoms with E-state index in [2.05, 4.69) is 10.6 Å². The van der Waals surface area contributed by atoms with Crippen LogP contribution in [0.1, 0.15) is 6.92 Å². The minimum Gasteiger partial charge on any atom is -0.375 e. The standard InChI is InChI=1S/C12H17N3O3/c1-8(13)12(17)15-10-5-3-9(4-6-10)14-11(16)7-18-2/h3-6,8H,7,13H2,1-2H3,(H,14,16)(H,15,17)/t8-/m0/s1. The number of carbonyl (C=O) groups excluding carboxylic acids is 2. The van der Waals surface area contributed by atoms with Gasteiger partial charge in [0.1, 0.15) is 6.61 Å². The first kappa shape index (κ1) is 14.1. The number of hydrogen-bond donors (Lipinski definition) is 3. The number of hydrogen-bond acceptors (Lipinski definition) is 4. The fourth-order valence-electron chi connectivity index (χ4n) is 1.22. The molecule has 0 fully saturated rings. The highest BCUT2D eigenvalue weighted by Crippen LogP contribution is 2.13. The Balaban J connectivity index is 2.57. The van der Waals surface area contributed by atoms with Crippen LogP contribution in [-0.2, 0) is 14.3 Å². The monoisotopic (exact) mass is 251 g/mol. The molecule has 0 aromatic heterocycles. The summed E-state index contributed by atoms with van der Waals surface area (Å²) < 4.78 is 4.70. The lowest BCUT2D eigenvalue weighted by Gasteiger charge is -2.09. The van der Waals surface area contributed by atoms with Gasteiger partial charge in [-0.05, 0) is 31.2 Å². The molecule has 98 valence electrons. The minimum atomic E-state index is -0.564. The Morgan fingerprint density at radius 2 is 1.72 bits per heavy atom. The summed E-state index contributed by atoms with van der Waals surface area (Å²) in [6, 6.07) is 6.17. The quantitative estimate of drug-likeness (QED) is 0.712. The molecule has 4 N–H and O–H groups in total. The average Bonchev–Trinajstić information content (AvgIpc) is 2.31. The first-order valence-corrected chi connectivity index (χ1v) is 5.48. The van der Waals surface area contributed by atoms with E-state index < -0.39 is 6.04 Å². The Morgan fingerprint density at radius 3 is 2.17 bits per heavy atom. The van der Waals surface area contributed by atoms with Crippen molar-refractivity contribution in [1.29, 1.82) is 0 Å². The molecule has 0 saturated carbocycles. The molecule has 18 heavy (non-hydrogen) atoms. The van der Waals surface area contributed by atoms with Gasteiger partial charge in [0, 0.05) is 18.5 Å². The van der Waals surface area contributed by atoms with Gasteiger partial charge in [-0.15, -0.1) is 0 Å². The van der Waals surface area contributed by atoms with E-state index in [-0.39, 0.29) is 18.4 Å². The molecule has 0 aliphatic heterocycles. The lowest BCUT2D eigenvalue weighted by Crippen LogP contribution is -2.32. The van der Waals surface area contributed by atoms with Crippen LogP contribution in [0.5, 0.6) is 0 Å². The third-order valence-corrected chi connectivity index (χ3v) is 2.13. The van der Waals surface area contributed by atoms with Crippen molar-refractivity contribution in [2.75, 3.05) is 24.4 Å². The van der Waals surface area contributed by atoms with Gasteiger partial charge in [0.2, 0.25) is 11.8 Å². The molecular formula is C12H17N3O3. The molecule has 0 spiro atoms. The first-order chi connectivity index (χ1) is 8.52. The number of ether oxygens (including phenoxy) is 1. The van der Waals surface area contributed by atoms with Crippen molar-refractivity contribution in [3.63, 3.8) is 0 Å². The summed E-state index contributed by atoms with van der Waals surface area (Å²) in [6.45, 7) is 1.61. The van der Waals surface area contributed by atoms with E-state index in [1.54, 1.807) is 31.2 Å². The molecule has 0 aliphatic carbocycles. The molecule has 1 aromatic carbocycles. The summed E-state index contributed by atoms with van der Waals surface area (Å²) in [7, 11) is 1.45. The number of nitrogens with two attached hydrogens (primary N) is 1. The van der Waals surface area contributed by atoms with Crippen LogP contribution in [0.4, 0.5) is 11.4 Å². The van der Waals surface area contributed by atoms with Crippen molar-refractivity contribution in [3.8, 4) is 0 Å². The molecule has 0 saturated heterocycles. The molecule has 6 nitrogen and oxygen atoms in total. The van der Waals surface area contributed by atoms with Crippen molar-refractivity contribution in [2.24, 2.45) is 5.73 Å². The molecule has 1 rings (SSSR count). The van der Waals surface area contributed by atoms with Crippen molar-refractivity contribution in [3.05, 3.63) is 24.3 Å². The van der Waals surface area contributed by atoms with Crippen LogP contribution in [0, 0.1) is 0 Å². The second-order valence-corrected chi connectivity index (χ2v) is 3.84. The van der Waals surface area contributed by atoms with Crippen molar-refractivity contribution >= 4 is 23.2 Å². The average molecular weight is 251 g/mol.